The van der Waals surface area contributed by atoms with Gasteiger partial charge in [0.15, 0.2) is 0 Å². The number of hydrogen-bond donors (Lipinski definition) is 0. The Morgan fingerprint density at radius 2 is 1.44 bits per heavy atom. The van der Waals surface area contributed by atoms with Crippen LogP contribution < -0.4 is 0 Å². The molecule has 0 aromatic heterocycles. The molecule has 3 aliphatic heterocycles. The number of nitrogens with zero attached hydrogens (tertiary/aromatic N) is 3. The average molecular weight is 251 g/mol. The van der Waals surface area contributed by atoms with E-state index in [-0.39, 0.29) is 0 Å². The summed E-state index contributed by atoms with van der Waals surface area (Å²) in [6, 6.07) is 0. The van der Waals surface area contributed by atoms with Gasteiger partial charge in [0.05, 0.1) is 0 Å². The second-order valence-corrected chi connectivity index (χ2v) is 7.04. The molecule has 0 amide bonds. The van der Waals surface area contributed by atoms with Crippen molar-refractivity contribution >= 4 is 0 Å². The maximum absolute atomic E-state index is 2.75. The highest BCUT2D eigenvalue weighted by molar-refractivity contribution is 4.92. The van der Waals surface area contributed by atoms with Crippen LogP contribution in [-0.4, -0.2) is 74.6 Å². The van der Waals surface area contributed by atoms with E-state index in [0.717, 1.165) is 17.8 Å². The van der Waals surface area contributed by atoms with Crippen molar-refractivity contribution in [2.75, 3.05) is 59.9 Å². The maximum Gasteiger partial charge on any atom is 0.00256 e. The summed E-state index contributed by atoms with van der Waals surface area (Å²) < 4.78 is 0. The molecule has 3 aliphatic rings. The monoisotopic (exact) mass is 251 g/mol. The second-order valence-electron chi connectivity index (χ2n) is 7.04. The Bertz CT molecular complexity index is 259. The summed E-state index contributed by atoms with van der Waals surface area (Å²) in [5.74, 6) is 2.96. The molecular formula is C15H29N3. The van der Waals surface area contributed by atoms with Gasteiger partial charge in [-0.2, -0.15) is 0 Å². The minimum absolute atomic E-state index is 0.979. The summed E-state index contributed by atoms with van der Waals surface area (Å²) in [4.78, 5) is 7.75. The van der Waals surface area contributed by atoms with Gasteiger partial charge in [-0.15, -0.1) is 0 Å². The van der Waals surface area contributed by atoms with Crippen LogP contribution >= 0.6 is 0 Å². The van der Waals surface area contributed by atoms with Crippen molar-refractivity contribution in [3.63, 3.8) is 0 Å². The lowest BCUT2D eigenvalue weighted by atomic mass is 9.94. The zero-order valence-corrected chi connectivity index (χ0v) is 12.1. The fraction of sp³-hybridized carbons (Fsp3) is 1.00. The summed E-state index contributed by atoms with van der Waals surface area (Å²) in [6.07, 6.45) is 4.31. The van der Waals surface area contributed by atoms with Crippen LogP contribution in [0.25, 0.3) is 0 Å². The Morgan fingerprint density at radius 3 is 2.06 bits per heavy atom. The average Bonchev–Trinajstić information content (AvgIpc) is 2.85. The van der Waals surface area contributed by atoms with Crippen molar-refractivity contribution in [3.8, 4) is 0 Å². The molecule has 3 fully saturated rings. The molecule has 3 heteroatoms. The molecule has 0 bridgehead atoms. The third kappa shape index (κ3) is 2.89. The molecule has 0 radical (unpaired) electrons. The van der Waals surface area contributed by atoms with Crippen molar-refractivity contribution in [2.45, 2.75) is 19.3 Å². The molecule has 18 heavy (non-hydrogen) atoms. The Balaban J connectivity index is 1.38. The number of hydrogen-bond acceptors (Lipinski definition) is 3. The van der Waals surface area contributed by atoms with Gasteiger partial charge < -0.3 is 14.7 Å². The van der Waals surface area contributed by atoms with Gasteiger partial charge >= 0.3 is 0 Å². The topological polar surface area (TPSA) is 9.72 Å². The highest BCUT2D eigenvalue weighted by Crippen LogP contribution is 2.31. The summed E-state index contributed by atoms with van der Waals surface area (Å²) in [5.41, 5.74) is 0. The molecule has 0 aromatic carbocycles. The van der Waals surface area contributed by atoms with E-state index in [1.54, 1.807) is 0 Å². The largest absolute Gasteiger partial charge is 0.306 e. The number of rotatable bonds is 3. The van der Waals surface area contributed by atoms with Crippen molar-refractivity contribution < 1.29 is 0 Å². The molecule has 0 saturated carbocycles. The van der Waals surface area contributed by atoms with Crippen LogP contribution in [0.2, 0.25) is 0 Å². The van der Waals surface area contributed by atoms with E-state index in [9.17, 15) is 0 Å². The summed E-state index contributed by atoms with van der Waals surface area (Å²) in [7, 11) is 4.54. The van der Waals surface area contributed by atoms with Gasteiger partial charge in [-0.1, -0.05) is 0 Å². The van der Waals surface area contributed by atoms with Crippen LogP contribution in [-0.2, 0) is 0 Å². The standard InChI is InChI=1S/C15H29N3/c1-16-6-3-13(4-7-16)5-8-18-11-14-9-17(2)10-15(14)12-18/h13-15H,3-12H2,1-2H3. The van der Waals surface area contributed by atoms with Gasteiger partial charge in [-0.05, 0) is 70.7 Å². The van der Waals surface area contributed by atoms with Gasteiger partial charge in [0.2, 0.25) is 0 Å². The fourth-order valence-electron chi connectivity index (χ4n) is 4.22. The van der Waals surface area contributed by atoms with E-state index >= 15 is 0 Å². The highest BCUT2D eigenvalue weighted by Gasteiger charge is 2.38. The van der Waals surface area contributed by atoms with E-state index in [1.807, 2.05) is 0 Å². The molecule has 0 aromatic rings. The molecule has 3 heterocycles. The molecule has 0 N–H and O–H groups in total. The van der Waals surface area contributed by atoms with Gasteiger partial charge in [0.1, 0.15) is 0 Å². The predicted octanol–water partition coefficient (Wildman–Crippen LogP) is 1.21. The SMILES string of the molecule is CN1CCC(CCN2CC3CN(C)CC3C2)CC1. The lowest BCUT2D eigenvalue weighted by molar-refractivity contribution is 0.190. The summed E-state index contributed by atoms with van der Waals surface area (Å²) in [6.45, 7) is 9.44. The molecule has 0 aliphatic carbocycles. The fourth-order valence-corrected chi connectivity index (χ4v) is 4.22. The lowest BCUT2D eigenvalue weighted by Crippen LogP contribution is -2.33. The Labute approximate surface area is 112 Å². The summed E-state index contributed by atoms with van der Waals surface area (Å²) in [5, 5.41) is 0. The molecular weight excluding hydrogens is 222 g/mol. The molecule has 3 nitrogen and oxygen atoms in total. The predicted molar refractivity (Wildman–Crippen MR) is 75.8 cm³/mol. The lowest BCUT2D eigenvalue weighted by Gasteiger charge is -2.30. The maximum atomic E-state index is 2.75. The first-order valence-electron chi connectivity index (χ1n) is 7.80. The normalized spacial score (nSPS) is 36.3. The van der Waals surface area contributed by atoms with Gasteiger partial charge in [-0.3, -0.25) is 0 Å². The number of piperidine rings is 1. The minimum Gasteiger partial charge on any atom is -0.306 e. The molecule has 104 valence electrons. The van der Waals surface area contributed by atoms with Crippen LogP contribution in [0.4, 0.5) is 0 Å². The van der Waals surface area contributed by atoms with E-state index in [4.69, 9.17) is 0 Å². The van der Waals surface area contributed by atoms with E-state index in [1.165, 1.54) is 65.1 Å². The quantitative estimate of drug-likeness (QED) is 0.746. The molecule has 2 atom stereocenters. The number of likely N-dealkylation sites (tertiary alicyclic amines) is 3. The smallest absolute Gasteiger partial charge is 0.00256 e. The Kier molecular flexibility index (Phi) is 3.92. The van der Waals surface area contributed by atoms with Gasteiger partial charge in [0.25, 0.3) is 0 Å². The third-order valence-corrected chi connectivity index (χ3v) is 5.44. The van der Waals surface area contributed by atoms with E-state index < -0.39 is 0 Å². The third-order valence-electron chi connectivity index (χ3n) is 5.44. The Hall–Kier alpha value is -0.120. The first-order chi connectivity index (χ1) is 8.70. The molecule has 3 rings (SSSR count). The van der Waals surface area contributed by atoms with Gasteiger partial charge in [-0.25, -0.2) is 0 Å². The van der Waals surface area contributed by atoms with Crippen molar-refractivity contribution in [2.24, 2.45) is 17.8 Å². The van der Waals surface area contributed by atoms with Crippen LogP contribution in [0.15, 0.2) is 0 Å². The molecule has 3 saturated heterocycles. The molecule has 2 unspecified atom stereocenters. The summed E-state index contributed by atoms with van der Waals surface area (Å²) >= 11 is 0. The van der Waals surface area contributed by atoms with Crippen LogP contribution in [0, 0.1) is 17.8 Å². The second kappa shape index (κ2) is 5.48. The van der Waals surface area contributed by atoms with Crippen LogP contribution in [0.3, 0.4) is 0 Å². The van der Waals surface area contributed by atoms with Crippen molar-refractivity contribution in [1.29, 1.82) is 0 Å². The first-order valence-corrected chi connectivity index (χ1v) is 7.80. The van der Waals surface area contributed by atoms with E-state index in [0.29, 0.717) is 0 Å². The van der Waals surface area contributed by atoms with Crippen LogP contribution in [0.5, 0.6) is 0 Å². The first kappa shape index (κ1) is 12.9. The highest BCUT2D eigenvalue weighted by atomic mass is 15.2. The zero-order valence-electron chi connectivity index (χ0n) is 12.1. The number of fused-ring (bicyclic) bond motifs is 1. The van der Waals surface area contributed by atoms with Gasteiger partial charge in [0, 0.05) is 26.2 Å². The zero-order chi connectivity index (χ0) is 12.5. The van der Waals surface area contributed by atoms with E-state index in [2.05, 4.69) is 28.8 Å². The Morgan fingerprint density at radius 1 is 0.833 bits per heavy atom. The van der Waals surface area contributed by atoms with Crippen LogP contribution in [0.1, 0.15) is 19.3 Å². The van der Waals surface area contributed by atoms with Crippen molar-refractivity contribution in [3.05, 3.63) is 0 Å². The van der Waals surface area contributed by atoms with Crippen molar-refractivity contribution in [1.82, 2.24) is 14.7 Å². The molecule has 0 spiro atoms. The minimum atomic E-state index is 0.979.